The molecule has 0 unspecified atom stereocenters. The molecule has 84 valence electrons. The van der Waals surface area contributed by atoms with Crippen LogP contribution < -0.4 is 5.32 Å². The van der Waals surface area contributed by atoms with Gasteiger partial charge in [0.1, 0.15) is 5.60 Å². The number of carbonyl (C=O) groups excluding carboxylic acids is 1. The van der Waals surface area contributed by atoms with Gasteiger partial charge in [-0.25, -0.2) is 4.79 Å². The van der Waals surface area contributed by atoms with Crippen LogP contribution in [-0.4, -0.2) is 42.3 Å². The molecule has 0 aromatic heterocycles. The van der Waals surface area contributed by atoms with Crippen LogP contribution in [0, 0.1) is 12.3 Å². The SMILES string of the molecule is C#CCN1CC(NC(=O)OC(C)(C)C)C1. The zero-order valence-corrected chi connectivity index (χ0v) is 9.54. The van der Waals surface area contributed by atoms with Crippen LogP contribution in [0.3, 0.4) is 0 Å². The smallest absolute Gasteiger partial charge is 0.407 e. The minimum absolute atomic E-state index is 0.174. The van der Waals surface area contributed by atoms with Crippen molar-refractivity contribution < 1.29 is 9.53 Å². The van der Waals surface area contributed by atoms with Crippen molar-refractivity contribution in [3.63, 3.8) is 0 Å². The lowest BCUT2D eigenvalue weighted by Gasteiger charge is -2.38. The second-order valence-electron chi connectivity index (χ2n) is 4.74. The summed E-state index contributed by atoms with van der Waals surface area (Å²) in [4.78, 5) is 13.4. The van der Waals surface area contributed by atoms with Gasteiger partial charge in [-0.1, -0.05) is 5.92 Å². The highest BCUT2D eigenvalue weighted by molar-refractivity contribution is 5.68. The molecule has 0 bridgehead atoms. The van der Waals surface area contributed by atoms with Gasteiger partial charge >= 0.3 is 6.09 Å². The zero-order chi connectivity index (χ0) is 11.5. The Morgan fingerprint density at radius 3 is 2.67 bits per heavy atom. The van der Waals surface area contributed by atoms with Gasteiger partial charge in [-0.15, -0.1) is 6.42 Å². The van der Waals surface area contributed by atoms with Gasteiger partial charge in [-0.2, -0.15) is 0 Å². The highest BCUT2D eigenvalue weighted by Gasteiger charge is 2.28. The van der Waals surface area contributed by atoms with E-state index in [0.29, 0.717) is 6.54 Å². The number of carbonyl (C=O) groups is 1. The van der Waals surface area contributed by atoms with E-state index in [1.165, 1.54) is 0 Å². The first-order valence-corrected chi connectivity index (χ1v) is 5.06. The Labute approximate surface area is 91.0 Å². The van der Waals surface area contributed by atoms with Gasteiger partial charge in [0.05, 0.1) is 12.6 Å². The number of hydrogen-bond acceptors (Lipinski definition) is 3. The van der Waals surface area contributed by atoms with Crippen LogP contribution in [0.25, 0.3) is 0 Å². The summed E-state index contributed by atoms with van der Waals surface area (Å²) in [6, 6.07) is 0.174. The largest absolute Gasteiger partial charge is 0.444 e. The standard InChI is InChI=1S/C11H18N2O2/c1-5-6-13-7-9(8-13)12-10(14)15-11(2,3)4/h1,9H,6-8H2,2-4H3,(H,12,14). The molecule has 1 rings (SSSR count). The van der Waals surface area contributed by atoms with Crippen LogP contribution in [0.5, 0.6) is 0 Å². The fourth-order valence-electron chi connectivity index (χ4n) is 1.39. The van der Waals surface area contributed by atoms with E-state index in [2.05, 4.69) is 16.1 Å². The molecule has 0 spiro atoms. The molecule has 0 saturated carbocycles. The Kier molecular flexibility index (Phi) is 3.59. The molecule has 0 aromatic carbocycles. The van der Waals surface area contributed by atoms with E-state index >= 15 is 0 Å². The van der Waals surface area contributed by atoms with E-state index in [1.807, 2.05) is 20.8 Å². The number of alkyl carbamates (subject to hydrolysis) is 1. The first-order chi connectivity index (χ1) is 6.90. The zero-order valence-electron chi connectivity index (χ0n) is 9.54. The van der Waals surface area contributed by atoms with Crippen LogP contribution in [0.15, 0.2) is 0 Å². The molecule has 4 heteroatoms. The molecule has 1 fully saturated rings. The maximum absolute atomic E-state index is 11.3. The minimum Gasteiger partial charge on any atom is -0.444 e. The Hall–Kier alpha value is -1.21. The van der Waals surface area contributed by atoms with Crippen molar-refractivity contribution in [3.8, 4) is 12.3 Å². The predicted molar refractivity (Wildman–Crippen MR) is 58.4 cm³/mol. The molecule has 1 amide bonds. The molecule has 1 N–H and O–H groups in total. The van der Waals surface area contributed by atoms with Gasteiger partial charge in [-0.3, -0.25) is 4.90 Å². The average molecular weight is 210 g/mol. The third-order valence-corrected chi connectivity index (χ3v) is 1.99. The van der Waals surface area contributed by atoms with Gasteiger partial charge in [0.15, 0.2) is 0 Å². The van der Waals surface area contributed by atoms with Crippen LogP contribution in [-0.2, 0) is 4.74 Å². The van der Waals surface area contributed by atoms with E-state index in [0.717, 1.165) is 13.1 Å². The number of rotatable bonds is 2. The third-order valence-electron chi connectivity index (χ3n) is 1.99. The maximum Gasteiger partial charge on any atom is 0.407 e. The molecule has 1 aliphatic heterocycles. The Bertz CT molecular complexity index is 269. The summed E-state index contributed by atoms with van der Waals surface area (Å²) in [5.74, 6) is 2.56. The first-order valence-electron chi connectivity index (χ1n) is 5.06. The minimum atomic E-state index is -0.438. The van der Waals surface area contributed by atoms with E-state index in [-0.39, 0.29) is 12.1 Å². The number of nitrogens with zero attached hydrogens (tertiary/aromatic N) is 1. The molecule has 4 nitrogen and oxygen atoms in total. The van der Waals surface area contributed by atoms with Gasteiger partial charge < -0.3 is 10.1 Å². The summed E-state index contributed by atoms with van der Waals surface area (Å²) in [5, 5.41) is 2.79. The van der Waals surface area contributed by atoms with Crippen molar-refractivity contribution in [2.24, 2.45) is 0 Å². The Morgan fingerprint density at radius 1 is 1.60 bits per heavy atom. The van der Waals surface area contributed by atoms with Gasteiger partial charge in [0, 0.05) is 13.1 Å². The third kappa shape index (κ3) is 4.22. The lowest BCUT2D eigenvalue weighted by Crippen LogP contribution is -2.59. The molecule has 1 saturated heterocycles. The number of nitrogens with one attached hydrogen (secondary N) is 1. The van der Waals surface area contributed by atoms with E-state index in [1.54, 1.807) is 0 Å². The highest BCUT2D eigenvalue weighted by Crippen LogP contribution is 2.10. The summed E-state index contributed by atoms with van der Waals surface area (Å²) in [5.41, 5.74) is -0.438. The van der Waals surface area contributed by atoms with Gasteiger partial charge in [0.25, 0.3) is 0 Å². The molecule has 0 aromatic rings. The molecule has 1 heterocycles. The maximum atomic E-state index is 11.3. The topological polar surface area (TPSA) is 41.6 Å². The van der Waals surface area contributed by atoms with Crippen molar-refractivity contribution >= 4 is 6.09 Å². The van der Waals surface area contributed by atoms with Gasteiger partial charge in [-0.05, 0) is 20.8 Å². The van der Waals surface area contributed by atoms with Crippen LogP contribution in [0.4, 0.5) is 4.79 Å². The van der Waals surface area contributed by atoms with Crippen LogP contribution >= 0.6 is 0 Å². The van der Waals surface area contributed by atoms with Crippen LogP contribution in [0.1, 0.15) is 20.8 Å². The lowest BCUT2D eigenvalue weighted by molar-refractivity contribution is 0.0417. The van der Waals surface area contributed by atoms with Crippen molar-refractivity contribution in [1.29, 1.82) is 0 Å². The quantitative estimate of drug-likeness (QED) is 0.686. The van der Waals surface area contributed by atoms with Gasteiger partial charge in [0.2, 0.25) is 0 Å². The fourth-order valence-corrected chi connectivity index (χ4v) is 1.39. The van der Waals surface area contributed by atoms with E-state index in [4.69, 9.17) is 11.2 Å². The highest BCUT2D eigenvalue weighted by atomic mass is 16.6. The fraction of sp³-hybridized carbons (Fsp3) is 0.727. The number of terminal acetylenes is 1. The van der Waals surface area contributed by atoms with Crippen LogP contribution in [0.2, 0.25) is 0 Å². The Balaban J connectivity index is 2.17. The van der Waals surface area contributed by atoms with Crippen molar-refractivity contribution in [2.45, 2.75) is 32.4 Å². The van der Waals surface area contributed by atoms with Crippen molar-refractivity contribution in [2.75, 3.05) is 19.6 Å². The molecule has 0 radical (unpaired) electrons. The van der Waals surface area contributed by atoms with E-state index in [9.17, 15) is 4.79 Å². The monoisotopic (exact) mass is 210 g/mol. The molecule has 0 aliphatic carbocycles. The number of amides is 1. The summed E-state index contributed by atoms with van der Waals surface area (Å²) in [6.07, 6.45) is 4.81. The molecule has 1 aliphatic rings. The summed E-state index contributed by atoms with van der Waals surface area (Å²) >= 11 is 0. The average Bonchev–Trinajstić information content (AvgIpc) is 1.97. The summed E-state index contributed by atoms with van der Waals surface area (Å²) < 4.78 is 5.13. The molecule has 0 atom stereocenters. The molecular weight excluding hydrogens is 192 g/mol. The first kappa shape index (κ1) is 11.9. The molecule has 15 heavy (non-hydrogen) atoms. The number of hydrogen-bond donors (Lipinski definition) is 1. The second-order valence-corrected chi connectivity index (χ2v) is 4.74. The summed E-state index contributed by atoms with van der Waals surface area (Å²) in [6.45, 7) is 7.80. The van der Waals surface area contributed by atoms with Crippen molar-refractivity contribution in [3.05, 3.63) is 0 Å². The lowest BCUT2D eigenvalue weighted by atomic mass is 10.1. The number of likely N-dealkylation sites (tertiary alicyclic amines) is 1. The second kappa shape index (κ2) is 4.54. The van der Waals surface area contributed by atoms with Crippen molar-refractivity contribution in [1.82, 2.24) is 10.2 Å². The normalized spacial score (nSPS) is 17.7. The number of ether oxygens (including phenoxy) is 1. The summed E-state index contributed by atoms with van der Waals surface area (Å²) in [7, 11) is 0. The molecular formula is C11H18N2O2. The Morgan fingerprint density at radius 2 is 2.20 bits per heavy atom. The van der Waals surface area contributed by atoms with E-state index < -0.39 is 5.60 Å². The predicted octanol–water partition coefficient (Wildman–Crippen LogP) is 0.828.